The summed E-state index contributed by atoms with van der Waals surface area (Å²) in [6, 6.07) is 11.7. The van der Waals surface area contributed by atoms with Gasteiger partial charge in [0.2, 0.25) is 0 Å². The number of rotatable bonds is 7. The molecule has 1 aromatic carbocycles. The third-order valence-electron chi connectivity index (χ3n) is 4.97. The van der Waals surface area contributed by atoms with Gasteiger partial charge in [-0.25, -0.2) is 0 Å². The molecule has 1 aliphatic heterocycles. The first-order valence-corrected chi connectivity index (χ1v) is 11.1. The predicted octanol–water partition coefficient (Wildman–Crippen LogP) is 4.72. The Kier molecular flexibility index (Phi) is 6.04. The van der Waals surface area contributed by atoms with Crippen molar-refractivity contribution in [1.29, 1.82) is 0 Å². The first-order chi connectivity index (χ1) is 14.1. The number of hydrogen-bond donors (Lipinski definition) is 0. The van der Waals surface area contributed by atoms with Crippen LogP contribution in [0.2, 0.25) is 0 Å². The Hall–Kier alpha value is -2.54. The Bertz CT molecular complexity index is 942. The molecule has 0 spiro atoms. The molecule has 4 rings (SSSR count). The van der Waals surface area contributed by atoms with Gasteiger partial charge in [0.15, 0.2) is 16.7 Å². The molecule has 1 fully saturated rings. The summed E-state index contributed by atoms with van der Waals surface area (Å²) in [5, 5.41) is 9.62. The standard InChI is InChI=1S/C22H26N4O2S/c1-16(2)14-26-20(19-6-5-13-28-19)23-24-22(26)29-15-17-7-9-18(10-8-17)21(27)25-11-3-4-12-25/h5-10,13,16H,3-4,11-12,14-15H2,1-2H3. The van der Waals surface area contributed by atoms with Gasteiger partial charge in [0.25, 0.3) is 5.91 Å². The zero-order valence-corrected chi connectivity index (χ0v) is 17.7. The minimum absolute atomic E-state index is 0.140. The molecule has 7 heteroatoms. The number of thioether (sulfide) groups is 1. The van der Waals surface area contributed by atoms with Crippen molar-refractivity contribution in [1.82, 2.24) is 19.7 Å². The van der Waals surface area contributed by atoms with Crippen LogP contribution in [0, 0.1) is 5.92 Å². The number of amides is 1. The number of carbonyl (C=O) groups excluding carboxylic acids is 1. The molecule has 0 radical (unpaired) electrons. The molecule has 0 N–H and O–H groups in total. The predicted molar refractivity (Wildman–Crippen MR) is 114 cm³/mol. The zero-order valence-electron chi connectivity index (χ0n) is 16.9. The van der Waals surface area contributed by atoms with E-state index in [2.05, 4.69) is 28.6 Å². The van der Waals surface area contributed by atoms with E-state index >= 15 is 0 Å². The van der Waals surface area contributed by atoms with E-state index < -0.39 is 0 Å². The first kappa shape index (κ1) is 19.8. The van der Waals surface area contributed by atoms with E-state index in [-0.39, 0.29) is 5.91 Å². The maximum atomic E-state index is 12.5. The molecule has 0 aliphatic carbocycles. The van der Waals surface area contributed by atoms with E-state index in [1.807, 2.05) is 41.3 Å². The number of aromatic nitrogens is 3. The second-order valence-electron chi connectivity index (χ2n) is 7.77. The fourth-order valence-electron chi connectivity index (χ4n) is 3.51. The summed E-state index contributed by atoms with van der Waals surface area (Å²) >= 11 is 1.65. The Balaban J connectivity index is 1.45. The second kappa shape index (κ2) is 8.86. The molecule has 1 amide bonds. The van der Waals surface area contributed by atoms with Crippen LogP contribution < -0.4 is 0 Å². The van der Waals surface area contributed by atoms with Crippen molar-refractivity contribution < 1.29 is 9.21 Å². The number of likely N-dealkylation sites (tertiary alicyclic amines) is 1. The van der Waals surface area contributed by atoms with Crippen LogP contribution in [0.15, 0.2) is 52.2 Å². The normalized spacial score (nSPS) is 14.1. The summed E-state index contributed by atoms with van der Waals surface area (Å²) in [6.07, 6.45) is 3.87. The molecule has 29 heavy (non-hydrogen) atoms. The van der Waals surface area contributed by atoms with Crippen molar-refractivity contribution in [2.24, 2.45) is 5.92 Å². The largest absolute Gasteiger partial charge is 0.461 e. The summed E-state index contributed by atoms with van der Waals surface area (Å²) in [5.74, 6) is 2.87. The molecule has 0 atom stereocenters. The van der Waals surface area contributed by atoms with Crippen LogP contribution in [0.1, 0.15) is 42.6 Å². The summed E-state index contributed by atoms with van der Waals surface area (Å²) in [4.78, 5) is 14.4. The third kappa shape index (κ3) is 4.56. The highest BCUT2D eigenvalue weighted by Crippen LogP contribution is 2.28. The average molecular weight is 411 g/mol. The topological polar surface area (TPSA) is 64.2 Å². The molecule has 6 nitrogen and oxygen atoms in total. The number of hydrogen-bond acceptors (Lipinski definition) is 5. The second-order valence-corrected chi connectivity index (χ2v) is 8.72. The lowest BCUT2D eigenvalue weighted by Crippen LogP contribution is -2.27. The van der Waals surface area contributed by atoms with Crippen molar-refractivity contribution in [2.75, 3.05) is 13.1 Å². The van der Waals surface area contributed by atoms with Crippen molar-refractivity contribution in [3.05, 3.63) is 53.8 Å². The Morgan fingerprint density at radius 3 is 2.55 bits per heavy atom. The molecular weight excluding hydrogens is 384 g/mol. The molecule has 3 aromatic rings. The van der Waals surface area contributed by atoms with Gasteiger partial charge in [-0.05, 0) is 48.6 Å². The van der Waals surface area contributed by atoms with E-state index in [1.165, 1.54) is 0 Å². The fraction of sp³-hybridized carbons (Fsp3) is 0.409. The van der Waals surface area contributed by atoms with Crippen LogP contribution >= 0.6 is 11.8 Å². The van der Waals surface area contributed by atoms with Gasteiger partial charge in [0.05, 0.1) is 6.26 Å². The highest BCUT2D eigenvalue weighted by atomic mass is 32.2. The molecule has 152 valence electrons. The molecule has 2 aromatic heterocycles. The molecular formula is C22H26N4O2S. The Morgan fingerprint density at radius 1 is 1.14 bits per heavy atom. The quantitative estimate of drug-likeness (QED) is 0.527. The van der Waals surface area contributed by atoms with Gasteiger partial charge < -0.3 is 9.32 Å². The number of furan rings is 1. The van der Waals surface area contributed by atoms with Gasteiger partial charge in [-0.3, -0.25) is 9.36 Å². The Morgan fingerprint density at radius 2 is 1.90 bits per heavy atom. The van der Waals surface area contributed by atoms with Gasteiger partial charge >= 0.3 is 0 Å². The van der Waals surface area contributed by atoms with Crippen LogP contribution in [-0.2, 0) is 12.3 Å². The van der Waals surface area contributed by atoms with E-state index in [4.69, 9.17) is 4.42 Å². The van der Waals surface area contributed by atoms with Gasteiger partial charge in [0, 0.05) is 31.0 Å². The number of carbonyl (C=O) groups is 1. The minimum atomic E-state index is 0.140. The van der Waals surface area contributed by atoms with Gasteiger partial charge in [-0.15, -0.1) is 10.2 Å². The van der Waals surface area contributed by atoms with Crippen molar-refractivity contribution >= 4 is 17.7 Å². The van der Waals surface area contributed by atoms with Crippen LogP contribution in [0.25, 0.3) is 11.6 Å². The highest BCUT2D eigenvalue weighted by Gasteiger charge is 2.20. The summed E-state index contributed by atoms with van der Waals surface area (Å²) in [6.45, 7) is 6.93. The van der Waals surface area contributed by atoms with E-state index in [1.54, 1.807) is 18.0 Å². The first-order valence-electron chi connectivity index (χ1n) is 10.1. The van der Waals surface area contributed by atoms with Crippen LogP contribution in [0.4, 0.5) is 0 Å². The van der Waals surface area contributed by atoms with Crippen molar-refractivity contribution in [3.63, 3.8) is 0 Å². The van der Waals surface area contributed by atoms with Crippen LogP contribution in [-0.4, -0.2) is 38.7 Å². The van der Waals surface area contributed by atoms with Gasteiger partial charge in [-0.2, -0.15) is 0 Å². The Labute approximate surface area is 175 Å². The average Bonchev–Trinajstić information content (AvgIpc) is 3.48. The van der Waals surface area contributed by atoms with Gasteiger partial charge in [-0.1, -0.05) is 37.7 Å². The SMILES string of the molecule is CC(C)Cn1c(SCc2ccc(C(=O)N3CCCC3)cc2)nnc1-c1ccco1. The summed E-state index contributed by atoms with van der Waals surface area (Å²) in [7, 11) is 0. The fourth-order valence-corrected chi connectivity index (χ4v) is 4.41. The minimum Gasteiger partial charge on any atom is -0.461 e. The molecule has 0 unspecified atom stereocenters. The van der Waals surface area contributed by atoms with E-state index in [0.717, 1.165) is 66.1 Å². The molecule has 3 heterocycles. The maximum Gasteiger partial charge on any atom is 0.253 e. The molecule has 0 bridgehead atoms. The maximum absolute atomic E-state index is 12.5. The summed E-state index contributed by atoms with van der Waals surface area (Å²) in [5.41, 5.74) is 1.93. The third-order valence-corrected chi connectivity index (χ3v) is 6.01. The smallest absolute Gasteiger partial charge is 0.253 e. The summed E-state index contributed by atoms with van der Waals surface area (Å²) < 4.78 is 7.65. The number of benzene rings is 1. The van der Waals surface area contributed by atoms with E-state index in [0.29, 0.717) is 5.92 Å². The number of nitrogens with zero attached hydrogens (tertiary/aromatic N) is 4. The van der Waals surface area contributed by atoms with Gasteiger partial charge in [0.1, 0.15) is 0 Å². The van der Waals surface area contributed by atoms with Crippen LogP contribution in [0.3, 0.4) is 0 Å². The monoisotopic (exact) mass is 410 g/mol. The molecule has 1 aliphatic rings. The van der Waals surface area contributed by atoms with E-state index in [9.17, 15) is 4.79 Å². The lowest BCUT2D eigenvalue weighted by molar-refractivity contribution is 0.0793. The van der Waals surface area contributed by atoms with Crippen molar-refractivity contribution in [2.45, 2.75) is 44.1 Å². The molecule has 0 saturated carbocycles. The van der Waals surface area contributed by atoms with Crippen LogP contribution in [0.5, 0.6) is 0 Å². The van der Waals surface area contributed by atoms with Crippen molar-refractivity contribution in [3.8, 4) is 11.6 Å². The molecule has 1 saturated heterocycles. The zero-order chi connectivity index (χ0) is 20.2. The highest BCUT2D eigenvalue weighted by molar-refractivity contribution is 7.98. The lowest BCUT2D eigenvalue weighted by atomic mass is 10.1. The lowest BCUT2D eigenvalue weighted by Gasteiger charge is -2.15.